The van der Waals surface area contributed by atoms with Crippen molar-refractivity contribution < 1.29 is 18.7 Å². The van der Waals surface area contributed by atoms with Crippen molar-refractivity contribution in [1.82, 2.24) is 9.80 Å². The summed E-state index contributed by atoms with van der Waals surface area (Å²) in [6.45, 7) is 7.32. The van der Waals surface area contributed by atoms with Crippen LogP contribution in [0.3, 0.4) is 0 Å². The van der Waals surface area contributed by atoms with Crippen molar-refractivity contribution in [3.05, 3.63) is 35.6 Å². The summed E-state index contributed by atoms with van der Waals surface area (Å²) < 4.78 is 19.1. The van der Waals surface area contributed by atoms with E-state index >= 15 is 0 Å². The standard InChI is InChI=1S/C19H27FN2O3/c1-19(2,3)25-18(24)22-11-9-14(10-12-22)13-21(4)17(23)15-7-5-6-8-16(15)20/h5-8,14H,9-13H2,1-4H3. The summed E-state index contributed by atoms with van der Waals surface area (Å²) in [4.78, 5) is 27.7. The fourth-order valence-electron chi connectivity index (χ4n) is 2.94. The van der Waals surface area contributed by atoms with E-state index in [9.17, 15) is 14.0 Å². The van der Waals surface area contributed by atoms with Crippen molar-refractivity contribution in [1.29, 1.82) is 0 Å². The van der Waals surface area contributed by atoms with Gasteiger partial charge in [0.2, 0.25) is 0 Å². The molecule has 138 valence electrons. The molecule has 25 heavy (non-hydrogen) atoms. The molecule has 2 rings (SSSR count). The van der Waals surface area contributed by atoms with Crippen LogP contribution in [-0.2, 0) is 4.74 Å². The molecule has 1 aliphatic rings. The summed E-state index contributed by atoms with van der Waals surface area (Å²) in [5, 5.41) is 0. The highest BCUT2D eigenvalue weighted by molar-refractivity contribution is 5.94. The summed E-state index contributed by atoms with van der Waals surface area (Å²) in [6, 6.07) is 6.02. The van der Waals surface area contributed by atoms with Crippen molar-refractivity contribution in [3.8, 4) is 0 Å². The number of rotatable bonds is 3. The molecule has 0 radical (unpaired) electrons. The van der Waals surface area contributed by atoms with Crippen LogP contribution in [0.25, 0.3) is 0 Å². The number of hydrogen-bond donors (Lipinski definition) is 0. The summed E-state index contributed by atoms with van der Waals surface area (Å²) in [7, 11) is 1.69. The van der Waals surface area contributed by atoms with E-state index in [0.717, 1.165) is 12.8 Å². The van der Waals surface area contributed by atoms with Gasteiger partial charge in [0.1, 0.15) is 11.4 Å². The minimum atomic E-state index is -0.501. The van der Waals surface area contributed by atoms with Crippen LogP contribution < -0.4 is 0 Å². The Morgan fingerprint density at radius 2 is 1.84 bits per heavy atom. The third kappa shape index (κ3) is 5.44. The number of piperidine rings is 1. The van der Waals surface area contributed by atoms with Gasteiger partial charge in [-0.15, -0.1) is 0 Å². The van der Waals surface area contributed by atoms with E-state index in [1.54, 1.807) is 29.0 Å². The Hall–Kier alpha value is -2.11. The second-order valence-corrected chi connectivity index (χ2v) is 7.58. The number of nitrogens with zero attached hydrogens (tertiary/aromatic N) is 2. The molecule has 1 fully saturated rings. The van der Waals surface area contributed by atoms with Crippen LogP contribution in [0.5, 0.6) is 0 Å². The fourth-order valence-corrected chi connectivity index (χ4v) is 2.94. The highest BCUT2D eigenvalue weighted by Crippen LogP contribution is 2.21. The molecule has 1 aromatic rings. The van der Waals surface area contributed by atoms with E-state index in [4.69, 9.17) is 4.74 Å². The predicted octanol–water partition coefficient (Wildman–Crippen LogP) is 3.54. The maximum Gasteiger partial charge on any atom is 0.410 e. The van der Waals surface area contributed by atoms with Gasteiger partial charge in [0, 0.05) is 26.7 Å². The van der Waals surface area contributed by atoms with Gasteiger partial charge in [-0.2, -0.15) is 0 Å². The minimum Gasteiger partial charge on any atom is -0.444 e. The Labute approximate surface area is 148 Å². The zero-order chi connectivity index (χ0) is 18.6. The molecule has 1 aliphatic heterocycles. The molecule has 0 aromatic heterocycles. The molecular weight excluding hydrogens is 323 g/mol. The number of ether oxygens (including phenoxy) is 1. The molecule has 0 aliphatic carbocycles. The Morgan fingerprint density at radius 1 is 1.24 bits per heavy atom. The van der Waals surface area contributed by atoms with E-state index in [1.165, 1.54) is 12.1 Å². The largest absolute Gasteiger partial charge is 0.444 e. The smallest absolute Gasteiger partial charge is 0.410 e. The topological polar surface area (TPSA) is 49.9 Å². The normalized spacial score (nSPS) is 15.8. The number of carbonyl (C=O) groups excluding carboxylic acids is 2. The van der Waals surface area contributed by atoms with E-state index in [0.29, 0.717) is 25.6 Å². The van der Waals surface area contributed by atoms with E-state index in [-0.39, 0.29) is 17.6 Å². The Balaban J connectivity index is 1.84. The summed E-state index contributed by atoms with van der Waals surface area (Å²) in [5.74, 6) is -0.522. The molecule has 0 unspecified atom stereocenters. The van der Waals surface area contributed by atoms with Crippen molar-refractivity contribution in [3.63, 3.8) is 0 Å². The highest BCUT2D eigenvalue weighted by Gasteiger charge is 2.28. The first-order chi connectivity index (χ1) is 11.7. The van der Waals surface area contributed by atoms with Gasteiger partial charge < -0.3 is 14.5 Å². The van der Waals surface area contributed by atoms with Gasteiger partial charge in [0.25, 0.3) is 5.91 Å². The SMILES string of the molecule is CN(CC1CCN(C(=O)OC(C)(C)C)CC1)C(=O)c1ccccc1F. The first kappa shape index (κ1) is 19.2. The van der Waals surface area contributed by atoms with Crippen molar-refractivity contribution in [2.45, 2.75) is 39.2 Å². The van der Waals surface area contributed by atoms with Crippen molar-refractivity contribution in [2.75, 3.05) is 26.7 Å². The lowest BCUT2D eigenvalue weighted by Gasteiger charge is -2.34. The zero-order valence-corrected chi connectivity index (χ0v) is 15.4. The third-order valence-corrected chi connectivity index (χ3v) is 4.25. The number of hydrogen-bond acceptors (Lipinski definition) is 3. The van der Waals surface area contributed by atoms with Crippen LogP contribution in [0, 0.1) is 11.7 Å². The first-order valence-corrected chi connectivity index (χ1v) is 8.65. The van der Waals surface area contributed by atoms with Crippen LogP contribution in [-0.4, -0.2) is 54.1 Å². The quantitative estimate of drug-likeness (QED) is 0.838. The van der Waals surface area contributed by atoms with Gasteiger partial charge in [-0.3, -0.25) is 4.79 Å². The maximum absolute atomic E-state index is 13.7. The lowest BCUT2D eigenvalue weighted by molar-refractivity contribution is 0.0170. The Kier molecular flexibility index (Phi) is 6.03. The van der Waals surface area contributed by atoms with Crippen molar-refractivity contribution in [2.24, 2.45) is 5.92 Å². The molecule has 1 aromatic carbocycles. The molecule has 0 bridgehead atoms. The van der Waals surface area contributed by atoms with Gasteiger partial charge in [-0.05, 0) is 51.7 Å². The predicted molar refractivity (Wildman–Crippen MR) is 93.9 cm³/mol. The molecule has 0 atom stereocenters. The van der Waals surface area contributed by atoms with Gasteiger partial charge in [-0.25, -0.2) is 9.18 Å². The van der Waals surface area contributed by atoms with Gasteiger partial charge >= 0.3 is 6.09 Å². The number of carbonyl (C=O) groups is 2. The van der Waals surface area contributed by atoms with Crippen molar-refractivity contribution >= 4 is 12.0 Å². The summed E-state index contributed by atoms with van der Waals surface area (Å²) in [5.41, 5.74) is -0.406. The van der Waals surface area contributed by atoms with Gasteiger partial charge in [0.15, 0.2) is 0 Å². The van der Waals surface area contributed by atoms with Gasteiger partial charge in [0.05, 0.1) is 5.56 Å². The maximum atomic E-state index is 13.7. The molecular formula is C19H27FN2O3. The first-order valence-electron chi connectivity index (χ1n) is 8.65. The fraction of sp³-hybridized carbons (Fsp3) is 0.579. The number of halogens is 1. The number of likely N-dealkylation sites (tertiary alicyclic amines) is 1. The van der Waals surface area contributed by atoms with Crippen LogP contribution in [0.4, 0.5) is 9.18 Å². The van der Waals surface area contributed by atoms with Gasteiger partial charge in [-0.1, -0.05) is 12.1 Å². The van der Waals surface area contributed by atoms with Crippen LogP contribution >= 0.6 is 0 Å². The third-order valence-electron chi connectivity index (χ3n) is 4.25. The average Bonchev–Trinajstić information content (AvgIpc) is 2.53. The monoisotopic (exact) mass is 350 g/mol. The summed E-state index contributed by atoms with van der Waals surface area (Å²) >= 11 is 0. The molecule has 1 saturated heterocycles. The van der Waals surface area contributed by atoms with Crippen LogP contribution in [0.15, 0.2) is 24.3 Å². The second-order valence-electron chi connectivity index (χ2n) is 7.58. The second kappa shape index (κ2) is 7.85. The zero-order valence-electron chi connectivity index (χ0n) is 15.4. The number of benzene rings is 1. The average molecular weight is 350 g/mol. The molecule has 0 saturated carbocycles. The lowest BCUT2D eigenvalue weighted by Crippen LogP contribution is -2.44. The molecule has 1 heterocycles. The molecule has 6 heteroatoms. The highest BCUT2D eigenvalue weighted by atomic mass is 19.1. The molecule has 2 amide bonds. The summed E-state index contributed by atoms with van der Waals surface area (Å²) in [6.07, 6.45) is 1.31. The van der Waals surface area contributed by atoms with E-state index in [1.807, 2.05) is 20.8 Å². The molecule has 0 N–H and O–H groups in total. The Bertz CT molecular complexity index is 619. The van der Waals surface area contributed by atoms with E-state index in [2.05, 4.69) is 0 Å². The number of amides is 2. The molecule has 0 spiro atoms. The van der Waals surface area contributed by atoms with Crippen LogP contribution in [0.1, 0.15) is 44.0 Å². The minimum absolute atomic E-state index is 0.0937. The van der Waals surface area contributed by atoms with E-state index < -0.39 is 11.4 Å². The lowest BCUT2D eigenvalue weighted by atomic mass is 9.96. The van der Waals surface area contributed by atoms with Crippen LogP contribution in [0.2, 0.25) is 0 Å². The Morgan fingerprint density at radius 3 is 2.40 bits per heavy atom. The molecule has 5 nitrogen and oxygen atoms in total.